The number of rotatable bonds is 14. The van der Waals surface area contributed by atoms with E-state index >= 15 is 0 Å². The fraction of sp³-hybridized carbons (Fsp3) is 0.706. The van der Waals surface area contributed by atoms with Gasteiger partial charge in [0.1, 0.15) is 6.54 Å². The molecule has 0 aliphatic rings. The standard InChI is InChI=1S/C17H30N2O3S/c1-2-3-4-5-6-7-8-9-10-12-16-19-22-23(20,21)17-14-11-13-15-18-17/h11,13-15,19H,2-10,12,16H2,1H3/q+1/p+1. The van der Waals surface area contributed by atoms with Crippen molar-refractivity contribution in [2.24, 2.45) is 0 Å². The Morgan fingerprint density at radius 3 is 2.17 bits per heavy atom. The molecule has 1 atom stereocenters. The van der Waals surface area contributed by atoms with Crippen LogP contribution in [0.25, 0.3) is 0 Å². The van der Waals surface area contributed by atoms with Crippen LogP contribution in [0, 0.1) is 0 Å². The summed E-state index contributed by atoms with van der Waals surface area (Å²) >= 11 is 0. The maximum Gasteiger partial charge on any atom is 0.500 e. The maximum absolute atomic E-state index is 11.8. The second kappa shape index (κ2) is 12.6. The first kappa shape index (κ1) is 20.2. The summed E-state index contributed by atoms with van der Waals surface area (Å²) in [6.07, 6.45) is 14.1. The maximum atomic E-state index is 11.8. The lowest BCUT2D eigenvalue weighted by atomic mass is 10.1. The summed E-state index contributed by atoms with van der Waals surface area (Å²) in [4.78, 5) is 3.79. The summed E-state index contributed by atoms with van der Waals surface area (Å²) in [6, 6.07) is 4.74. The minimum absolute atomic E-state index is 0.0423. The molecular formula is C17H31N2O3S+2. The van der Waals surface area contributed by atoms with Gasteiger partial charge in [0.15, 0.2) is 0 Å². The van der Waals surface area contributed by atoms with Crippen LogP contribution < -0.4 is 5.48 Å². The summed E-state index contributed by atoms with van der Waals surface area (Å²) < 4.78 is 28.5. The van der Waals surface area contributed by atoms with Crippen LogP contribution in [0.1, 0.15) is 71.1 Å². The van der Waals surface area contributed by atoms with Gasteiger partial charge in [0, 0.05) is 12.3 Å². The second-order valence-corrected chi connectivity index (χ2v) is 7.37. The largest absolute Gasteiger partial charge is 0.500 e. The normalized spacial score (nSPS) is 13.8. The molecule has 131 valence electrons. The predicted molar refractivity (Wildman–Crippen MR) is 91.0 cm³/mol. The van der Waals surface area contributed by atoms with Gasteiger partial charge in [-0.3, -0.25) is 0 Å². The van der Waals surface area contributed by atoms with E-state index in [-0.39, 0.29) is 5.03 Å². The molecule has 5 nitrogen and oxygen atoms in total. The number of unbranched alkanes of at least 4 members (excludes halogenated alkanes) is 9. The molecular weight excluding hydrogens is 312 g/mol. The van der Waals surface area contributed by atoms with Gasteiger partial charge >= 0.3 is 15.5 Å². The molecule has 1 radical (unpaired) electrons. The zero-order chi connectivity index (χ0) is 16.8. The molecule has 23 heavy (non-hydrogen) atoms. The molecule has 0 spiro atoms. The number of quaternary nitrogens is 1. The van der Waals surface area contributed by atoms with Gasteiger partial charge < -0.3 is 0 Å². The van der Waals surface area contributed by atoms with Crippen LogP contribution >= 0.6 is 0 Å². The van der Waals surface area contributed by atoms with E-state index in [9.17, 15) is 8.76 Å². The molecule has 0 saturated carbocycles. The Balaban J connectivity index is 1.94. The van der Waals surface area contributed by atoms with Crippen molar-refractivity contribution in [3.05, 3.63) is 24.4 Å². The first-order chi connectivity index (χ1) is 11.2. The highest BCUT2D eigenvalue weighted by atomic mass is 32.3. The lowest BCUT2D eigenvalue weighted by Crippen LogP contribution is -2.84. The molecule has 0 aliphatic carbocycles. The monoisotopic (exact) mass is 343 g/mol. The van der Waals surface area contributed by atoms with E-state index in [1.807, 2.05) is 0 Å². The molecule has 6 heteroatoms. The van der Waals surface area contributed by atoms with E-state index in [0.29, 0.717) is 6.54 Å². The van der Waals surface area contributed by atoms with Crippen molar-refractivity contribution < 1.29 is 18.5 Å². The number of hydroxylamine groups is 1. The molecule has 2 N–H and O–H groups in total. The molecule has 1 rings (SSSR count). The third-order valence-electron chi connectivity index (χ3n) is 3.76. The van der Waals surface area contributed by atoms with Crippen molar-refractivity contribution in [3.63, 3.8) is 0 Å². The van der Waals surface area contributed by atoms with Crippen molar-refractivity contribution in [1.82, 2.24) is 4.98 Å². The zero-order valence-corrected chi connectivity index (χ0v) is 15.1. The Bertz CT molecular complexity index is 443. The highest BCUT2D eigenvalue weighted by Crippen LogP contribution is 2.12. The smallest absolute Gasteiger partial charge is 0.205 e. The molecule has 0 saturated heterocycles. The summed E-state index contributed by atoms with van der Waals surface area (Å²) in [7, 11) is -3.74. The van der Waals surface area contributed by atoms with Crippen molar-refractivity contribution in [2.75, 3.05) is 6.54 Å². The molecule has 0 amide bonds. The summed E-state index contributed by atoms with van der Waals surface area (Å²) in [5.74, 6) is 0. The number of pyridine rings is 1. The average molecular weight is 344 g/mol. The van der Waals surface area contributed by atoms with Crippen LogP contribution in [0.4, 0.5) is 0 Å². The third kappa shape index (κ3) is 9.81. The summed E-state index contributed by atoms with van der Waals surface area (Å²) in [5, 5.41) is -0.0423. The Hall–Kier alpha value is -0.820. The van der Waals surface area contributed by atoms with Crippen LogP contribution in [0.15, 0.2) is 29.4 Å². The highest BCUT2D eigenvalue weighted by Gasteiger charge is 2.40. The third-order valence-corrected chi connectivity index (χ3v) is 4.91. The van der Waals surface area contributed by atoms with Gasteiger partial charge in [-0.15, -0.1) is 5.48 Å². The van der Waals surface area contributed by atoms with Gasteiger partial charge in [0.25, 0.3) is 0 Å². The number of nitrogens with zero attached hydrogens (tertiary/aromatic N) is 1. The van der Waals surface area contributed by atoms with Gasteiger partial charge in [0.05, 0.1) is 8.84 Å². The predicted octanol–water partition coefficient (Wildman–Crippen LogP) is 3.62. The Morgan fingerprint density at radius 2 is 1.61 bits per heavy atom. The molecule has 0 aliphatic heterocycles. The fourth-order valence-electron chi connectivity index (χ4n) is 2.40. The van der Waals surface area contributed by atoms with E-state index in [2.05, 4.69) is 11.9 Å². The van der Waals surface area contributed by atoms with E-state index in [4.69, 9.17) is 4.28 Å². The number of hydrogen-bond donors (Lipinski definition) is 1. The Morgan fingerprint density at radius 1 is 1.00 bits per heavy atom. The van der Waals surface area contributed by atoms with E-state index < -0.39 is 10.5 Å². The quantitative estimate of drug-likeness (QED) is 0.318. The first-order valence-corrected chi connectivity index (χ1v) is 10.2. The minimum atomic E-state index is -3.74. The molecule has 1 aromatic heterocycles. The van der Waals surface area contributed by atoms with Gasteiger partial charge in [-0.2, -0.15) is 0 Å². The lowest BCUT2D eigenvalue weighted by molar-refractivity contribution is -0.860. The van der Waals surface area contributed by atoms with E-state index in [1.165, 1.54) is 69.1 Å². The SMILES string of the molecule is CCCCCCCCCCCC[NH2+]O[S+]([O])(=O)c1ccccn1. The summed E-state index contributed by atoms with van der Waals surface area (Å²) in [5.41, 5.74) is 1.38. The zero-order valence-electron chi connectivity index (χ0n) is 14.2. The van der Waals surface area contributed by atoms with Gasteiger partial charge in [-0.1, -0.05) is 64.4 Å². The van der Waals surface area contributed by atoms with Gasteiger partial charge in [-0.05, 0) is 23.1 Å². The lowest BCUT2D eigenvalue weighted by Gasteiger charge is -2.01. The number of nitrogens with two attached hydrogens (primary N) is 1. The number of aromatic nitrogens is 1. The molecule has 1 unspecified atom stereocenters. The average Bonchev–Trinajstić information content (AvgIpc) is 2.56. The molecule has 1 aromatic rings. The van der Waals surface area contributed by atoms with Crippen LogP contribution in [0.3, 0.4) is 0 Å². The Kier molecular flexibility index (Phi) is 11.1. The molecule has 0 bridgehead atoms. The Labute approximate surface area is 141 Å². The van der Waals surface area contributed by atoms with Crippen LogP contribution in [0.5, 0.6) is 0 Å². The van der Waals surface area contributed by atoms with Crippen LogP contribution in [-0.4, -0.2) is 11.5 Å². The first-order valence-electron chi connectivity index (χ1n) is 8.83. The summed E-state index contributed by atoms with van der Waals surface area (Å²) in [6.45, 7) is 2.89. The van der Waals surface area contributed by atoms with Crippen LogP contribution in [-0.2, 0) is 23.5 Å². The van der Waals surface area contributed by atoms with Crippen molar-refractivity contribution in [2.45, 2.75) is 76.2 Å². The van der Waals surface area contributed by atoms with Gasteiger partial charge in [0.2, 0.25) is 0 Å². The topological polar surface area (TPSA) is 75.7 Å². The highest BCUT2D eigenvalue weighted by molar-refractivity contribution is 7.92. The van der Waals surface area contributed by atoms with Crippen LogP contribution in [0.2, 0.25) is 0 Å². The number of hydrogen-bond acceptors (Lipinski definition) is 3. The van der Waals surface area contributed by atoms with Crippen molar-refractivity contribution in [3.8, 4) is 0 Å². The molecule has 0 aromatic carbocycles. The van der Waals surface area contributed by atoms with Crippen molar-refractivity contribution >= 4 is 10.5 Å². The van der Waals surface area contributed by atoms with E-state index in [0.717, 1.165) is 12.8 Å². The second-order valence-electron chi connectivity index (χ2n) is 5.86. The van der Waals surface area contributed by atoms with E-state index in [1.54, 1.807) is 12.1 Å². The fourth-order valence-corrected chi connectivity index (χ4v) is 3.21. The van der Waals surface area contributed by atoms with Crippen molar-refractivity contribution in [1.29, 1.82) is 0 Å². The van der Waals surface area contributed by atoms with Gasteiger partial charge in [-0.25, -0.2) is 4.98 Å². The molecule has 1 heterocycles. The molecule has 0 fully saturated rings. The minimum Gasteiger partial charge on any atom is -0.205 e.